The average molecular weight is 471 g/mol. The fourth-order valence-corrected chi connectivity index (χ4v) is 3.50. The van der Waals surface area contributed by atoms with E-state index in [9.17, 15) is 19.2 Å². The largest absolute Gasteiger partial charge is 0.463 e. The number of esters is 4. The molecule has 32 heavy (non-hydrogen) atoms. The van der Waals surface area contributed by atoms with Crippen LogP contribution in [0.25, 0.3) is 0 Å². The van der Waals surface area contributed by atoms with Gasteiger partial charge in [0.2, 0.25) is 6.29 Å². The molecule has 1 saturated heterocycles. The van der Waals surface area contributed by atoms with Crippen molar-refractivity contribution in [2.24, 2.45) is 0 Å². The summed E-state index contributed by atoms with van der Waals surface area (Å²) in [5, 5.41) is 0. The summed E-state index contributed by atoms with van der Waals surface area (Å²) in [6.45, 7) is 4.31. The van der Waals surface area contributed by atoms with Crippen molar-refractivity contribution in [3.63, 3.8) is 0 Å². The molecule has 2 N–H and O–H groups in total. The maximum atomic E-state index is 11.8. The van der Waals surface area contributed by atoms with Gasteiger partial charge < -0.3 is 29.4 Å². The number of hydrogen-bond acceptors (Lipinski definition) is 12. The van der Waals surface area contributed by atoms with E-state index in [1.165, 1.54) is 6.92 Å². The van der Waals surface area contributed by atoms with Gasteiger partial charge in [0.1, 0.15) is 12.7 Å². The minimum absolute atomic E-state index is 0.329. The molecule has 2 rings (SSSR count). The van der Waals surface area contributed by atoms with E-state index in [4.69, 9.17) is 33.6 Å². The highest BCUT2D eigenvalue weighted by Crippen LogP contribution is 2.33. The Labute approximate surface area is 189 Å². The van der Waals surface area contributed by atoms with Crippen molar-refractivity contribution in [3.8, 4) is 0 Å². The Morgan fingerprint density at radius 3 is 1.91 bits per heavy atom. The predicted molar refractivity (Wildman–Crippen MR) is 110 cm³/mol. The van der Waals surface area contributed by atoms with Crippen LogP contribution < -0.4 is 5.73 Å². The van der Waals surface area contributed by atoms with Gasteiger partial charge in [-0.05, 0) is 24.3 Å². The molecule has 1 aliphatic heterocycles. The first-order valence-corrected chi connectivity index (χ1v) is 10.3. The first-order chi connectivity index (χ1) is 15.1. The third-order valence-electron chi connectivity index (χ3n) is 4.07. The van der Waals surface area contributed by atoms with Gasteiger partial charge in [0, 0.05) is 50.3 Å². The minimum atomic E-state index is -1.29. The van der Waals surface area contributed by atoms with Gasteiger partial charge in [0.15, 0.2) is 18.3 Å². The number of carbonyl (C=O) groups is 4. The second-order valence-corrected chi connectivity index (χ2v) is 7.65. The molecular weight excluding hydrogens is 446 g/mol. The van der Waals surface area contributed by atoms with Gasteiger partial charge in [-0.25, -0.2) is 0 Å². The van der Waals surface area contributed by atoms with E-state index in [-0.39, 0.29) is 6.61 Å². The van der Waals surface area contributed by atoms with Crippen molar-refractivity contribution >= 4 is 41.6 Å². The zero-order valence-corrected chi connectivity index (χ0v) is 18.8. The SMILES string of the molecule is CC(=O)OC[C@H]1O[C@@H](OSc2ccc(N)cc2)[C@H](OC(C)=O)[C@@H](OC(C)=O)[C@@H]1OC(C)=O. The zero-order valence-electron chi connectivity index (χ0n) is 18.0. The summed E-state index contributed by atoms with van der Waals surface area (Å²) in [7, 11) is 0. The summed E-state index contributed by atoms with van der Waals surface area (Å²) < 4.78 is 32.5. The highest BCUT2D eigenvalue weighted by Gasteiger charge is 2.53. The molecule has 11 nitrogen and oxygen atoms in total. The Balaban J connectivity index is 2.35. The fourth-order valence-electron chi connectivity index (χ4n) is 2.89. The molecular formula is C20H25NO10S. The lowest BCUT2D eigenvalue weighted by Gasteiger charge is -2.43. The Bertz CT molecular complexity index is 830. The molecule has 0 aromatic heterocycles. The number of nitrogens with two attached hydrogens (primary N) is 1. The van der Waals surface area contributed by atoms with E-state index in [0.717, 1.165) is 32.8 Å². The van der Waals surface area contributed by atoms with Crippen LogP contribution in [0.2, 0.25) is 0 Å². The van der Waals surface area contributed by atoms with Crippen molar-refractivity contribution in [2.75, 3.05) is 12.3 Å². The molecule has 0 amide bonds. The monoisotopic (exact) mass is 471 g/mol. The lowest BCUT2D eigenvalue weighted by molar-refractivity contribution is -0.286. The van der Waals surface area contributed by atoms with Gasteiger partial charge in [-0.1, -0.05) is 0 Å². The van der Waals surface area contributed by atoms with Crippen LogP contribution in [0.4, 0.5) is 5.69 Å². The summed E-state index contributed by atoms with van der Waals surface area (Å²) in [5.41, 5.74) is 6.23. The van der Waals surface area contributed by atoms with Gasteiger partial charge in [-0.3, -0.25) is 23.4 Å². The maximum absolute atomic E-state index is 11.8. The first-order valence-electron chi connectivity index (χ1n) is 9.56. The van der Waals surface area contributed by atoms with Crippen molar-refractivity contribution in [3.05, 3.63) is 24.3 Å². The number of nitrogen functional groups attached to an aromatic ring is 1. The Morgan fingerprint density at radius 1 is 0.844 bits per heavy atom. The molecule has 1 aliphatic rings. The first kappa shape index (κ1) is 25.4. The van der Waals surface area contributed by atoms with Gasteiger partial charge in [-0.15, -0.1) is 0 Å². The Hall–Kier alpha value is -2.83. The molecule has 176 valence electrons. The van der Waals surface area contributed by atoms with E-state index >= 15 is 0 Å². The second-order valence-electron chi connectivity index (χ2n) is 6.82. The van der Waals surface area contributed by atoms with E-state index in [1.807, 2.05) is 0 Å². The van der Waals surface area contributed by atoms with Gasteiger partial charge in [0.25, 0.3) is 0 Å². The summed E-state index contributed by atoms with van der Waals surface area (Å²) in [6, 6.07) is 6.73. The van der Waals surface area contributed by atoms with Crippen LogP contribution >= 0.6 is 12.0 Å². The summed E-state index contributed by atoms with van der Waals surface area (Å²) in [6.07, 6.45) is -6.14. The number of hydrogen-bond donors (Lipinski definition) is 1. The van der Waals surface area contributed by atoms with Crippen molar-refractivity contribution in [1.29, 1.82) is 0 Å². The van der Waals surface area contributed by atoms with Crippen LogP contribution in [0.15, 0.2) is 29.2 Å². The number of anilines is 1. The molecule has 1 aromatic carbocycles. The normalized spacial score (nSPS) is 24.8. The number of carbonyl (C=O) groups excluding carboxylic acids is 4. The topological polar surface area (TPSA) is 150 Å². The second kappa shape index (κ2) is 11.7. The standard InChI is InChI=1S/C20H25NO10S/c1-10(22)26-9-16-17(27-11(2)23)18(28-12(3)24)19(29-13(4)25)20(30-16)31-32-15-7-5-14(21)6-8-15/h5-8,16-20H,9,21H2,1-4H3/t16-,17-,18+,19-,20+/m1/s1. The van der Waals surface area contributed by atoms with Gasteiger partial charge in [-0.2, -0.15) is 0 Å². The lowest BCUT2D eigenvalue weighted by atomic mass is 9.98. The Morgan fingerprint density at radius 2 is 1.38 bits per heavy atom. The molecule has 1 heterocycles. The molecule has 0 radical (unpaired) electrons. The van der Waals surface area contributed by atoms with Crippen LogP contribution in [-0.4, -0.2) is 61.2 Å². The van der Waals surface area contributed by atoms with Crippen LogP contribution in [0.3, 0.4) is 0 Å². The van der Waals surface area contributed by atoms with E-state index in [0.29, 0.717) is 10.6 Å². The van der Waals surface area contributed by atoms with Crippen molar-refractivity contribution in [1.82, 2.24) is 0 Å². The highest BCUT2D eigenvalue weighted by molar-refractivity contribution is 7.94. The van der Waals surface area contributed by atoms with E-state index in [1.54, 1.807) is 24.3 Å². The number of ether oxygens (including phenoxy) is 5. The summed E-state index contributed by atoms with van der Waals surface area (Å²) in [5.74, 6) is -2.74. The third kappa shape index (κ3) is 7.70. The van der Waals surface area contributed by atoms with E-state index in [2.05, 4.69) is 0 Å². The number of benzene rings is 1. The molecule has 0 aliphatic carbocycles. The molecule has 0 bridgehead atoms. The molecule has 0 saturated carbocycles. The minimum Gasteiger partial charge on any atom is -0.463 e. The van der Waals surface area contributed by atoms with Crippen LogP contribution in [0.5, 0.6) is 0 Å². The lowest BCUT2D eigenvalue weighted by Crippen LogP contribution is -2.62. The maximum Gasteiger partial charge on any atom is 0.303 e. The van der Waals surface area contributed by atoms with Crippen LogP contribution in [0.1, 0.15) is 27.7 Å². The smallest absolute Gasteiger partial charge is 0.303 e. The van der Waals surface area contributed by atoms with Crippen molar-refractivity contribution < 1.29 is 47.0 Å². The fraction of sp³-hybridized carbons (Fsp3) is 0.500. The van der Waals surface area contributed by atoms with Crippen LogP contribution in [-0.2, 0) is 47.0 Å². The molecule has 1 fully saturated rings. The molecule has 1 aromatic rings. The summed E-state index contributed by atoms with van der Waals surface area (Å²) in [4.78, 5) is 47.2. The highest BCUT2D eigenvalue weighted by atomic mass is 32.2. The zero-order chi connectivity index (χ0) is 23.8. The average Bonchev–Trinajstić information content (AvgIpc) is 2.69. The van der Waals surface area contributed by atoms with Crippen LogP contribution in [0, 0.1) is 0 Å². The van der Waals surface area contributed by atoms with Gasteiger partial charge in [0.05, 0.1) is 0 Å². The number of rotatable bonds is 8. The summed E-state index contributed by atoms with van der Waals surface area (Å²) >= 11 is 0.901. The molecule has 12 heteroatoms. The quantitative estimate of drug-likeness (QED) is 0.252. The van der Waals surface area contributed by atoms with E-state index < -0.39 is 54.6 Å². The molecule has 0 unspecified atom stereocenters. The third-order valence-corrected chi connectivity index (χ3v) is 4.82. The predicted octanol–water partition coefficient (Wildman–Crippen LogP) is 1.38. The molecule has 0 spiro atoms. The molecule has 5 atom stereocenters. The van der Waals surface area contributed by atoms with Gasteiger partial charge >= 0.3 is 23.9 Å². The van der Waals surface area contributed by atoms with Crippen molar-refractivity contribution in [2.45, 2.75) is 63.3 Å². The Kier molecular flexibility index (Phi) is 9.29.